The van der Waals surface area contributed by atoms with Crippen molar-refractivity contribution in [3.63, 3.8) is 0 Å². The second kappa shape index (κ2) is 10.8. The zero-order chi connectivity index (χ0) is 21.2. The molecule has 0 saturated heterocycles. The molecule has 8 heteroatoms. The number of nitrogens with two attached hydrogens (primary N) is 1. The van der Waals surface area contributed by atoms with E-state index in [9.17, 15) is 0 Å². The van der Waals surface area contributed by atoms with Gasteiger partial charge in [-0.1, -0.05) is 11.6 Å². The maximum Gasteiger partial charge on any atom is 0.226 e. The maximum absolute atomic E-state index is 5.92. The first kappa shape index (κ1) is 21.2. The molecule has 0 bridgehead atoms. The third-order valence-electron chi connectivity index (χ3n) is 4.51. The van der Waals surface area contributed by atoms with Gasteiger partial charge in [-0.15, -0.1) is 0 Å². The Kier molecular flexibility index (Phi) is 7.65. The van der Waals surface area contributed by atoms with Gasteiger partial charge in [-0.25, -0.2) is 0 Å². The smallest absolute Gasteiger partial charge is 0.226 e. The first-order valence-corrected chi connectivity index (χ1v) is 9.86. The highest BCUT2D eigenvalue weighted by Crippen LogP contribution is 2.20. The molecule has 2 aromatic carbocycles. The van der Waals surface area contributed by atoms with Crippen molar-refractivity contribution in [3.05, 3.63) is 54.4 Å². The van der Waals surface area contributed by atoms with Crippen LogP contribution in [0.3, 0.4) is 0 Å². The van der Waals surface area contributed by atoms with Gasteiger partial charge in [0.05, 0.1) is 14.2 Å². The van der Waals surface area contributed by atoms with Gasteiger partial charge < -0.3 is 25.0 Å². The monoisotopic (exact) mass is 409 g/mol. The normalized spacial score (nSPS) is 11.3. The number of nitrogens with one attached hydrogen (secondary N) is 1. The molecule has 0 fully saturated rings. The highest BCUT2D eigenvalue weighted by Gasteiger charge is 2.08. The van der Waals surface area contributed by atoms with Crippen LogP contribution in [0.15, 0.2) is 58.0 Å². The molecule has 0 atom stereocenters. The number of rotatable bonds is 10. The zero-order valence-corrected chi connectivity index (χ0v) is 17.3. The lowest BCUT2D eigenvalue weighted by Gasteiger charge is -2.06. The minimum absolute atomic E-state index is 0.404. The molecular weight excluding hydrogens is 382 g/mol. The lowest BCUT2D eigenvalue weighted by atomic mass is 10.2. The Bertz CT molecular complexity index is 936. The number of unbranched alkanes of at least 4 members (excludes halogenated alkanes) is 2. The van der Waals surface area contributed by atoms with Crippen molar-refractivity contribution in [3.8, 4) is 22.9 Å². The van der Waals surface area contributed by atoms with Crippen molar-refractivity contribution in [2.24, 2.45) is 10.7 Å². The van der Waals surface area contributed by atoms with Crippen LogP contribution in [0.4, 0.5) is 5.69 Å². The minimum atomic E-state index is 0.404. The number of hydrogen-bond acceptors (Lipinski definition) is 6. The predicted octanol–water partition coefficient (Wildman–Crippen LogP) is 3.89. The summed E-state index contributed by atoms with van der Waals surface area (Å²) in [4.78, 5) is 8.81. The molecule has 158 valence electrons. The number of guanidine groups is 1. The molecule has 0 unspecified atom stereocenters. The highest BCUT2D eigenvalue weighted by atomic mass is 16.5. The summed E-state index contributed by atoms with van der Waals surface area (Å²) in [5.74, 6) is 3.24. The zero-order valence-electron chi connectivity index (χ0n) is 17.3. The van der Waals surface area contributed by atoms with E-state index in [1.54, 1.807) is 14.2 Å². The van der Waals surface area contributed by atoms with Crippen LogP contribution >= 0.6 is 0 Å². The van der Waals surface area contributed by atoms with Crippen LogP contribution in [0.1, 0.15) is 25.2 Å². The summed E-state index contributed by atoms with van der Waals surface area (Å²) in [5, 5.41) is 7.12. The van der Waals surface area contributed by atoms with Crippen LogP contribution in [0.2, 0.25) is 0 Å². The third-order valence-corrected chi connectivity index (χ3v) is 4.51. The number of hydrogen-bond donors (Lipinski definition) is 2. The second-order valence-corrected chi connectivity index (χ2v) is 6.67. The van der Waals surface area contributed by atoms with Crippen LogP contribution in [-0.2, 0) is 6.42 Å². The van der Waals surface area contributed by atoms with E-state index in [4.69, 9.17) is 19.7 Å². The Balaban J connectivity index is 1.35. The van der Waals surface area contributed by atoms with Gasteiger partial charge in [-0.2, -0.15) is 4.98 Å². The molecule has 30 heavy (non-hydrogen) atoms. The molecule has 3 aromatic rings. The van der Waals surface area contributed by atoms with E-state index in [1.165, 1.54) is 0 Å². The summed E-state index contributed by atoms with van der Waals surface area (Å²) in [6.45, 7) is 0.663. The molecule has 0 aliphatic heterocycles. The number of aromatic nitrogens is 2. The average Bonchev–Trinajstić information content (AvgIpc) is 3.25. The average molecular weight is 409 g/mol. The molecule has 0 saturated carbocycles. The molecule has 0 amide bonds. The van der Waals surface area contributed by atoms with Crippen molar-refractivity contribution >= 4 is 11.6 Å². The van der Waals surface area contributed by atoms with Crippen molar-refractivity contribution in [1.29, 1.82) is 0 Å². The summed E-state index contributed by atoms with van der Waals surface area (Å²) >= 11 is 0. The van der Waals surface area contributed by atoms with E-state index in [2.05, 4.69) is 20.4 Å². The molecule has 8 nitrogen and oxygen atoms in total. The molecule has 1 aromatic heterocycles. The Labute approximate surface area is 176 Å². The maximum atomic E-state index is 5.92. The number of aryl methyl sites for hydroxylation is 1. The first-order valence-electron chi connectivity index (χ1n) is 9.86. The molecule has 0 aliphatic rings. The lowest BCUT2D eigenvalue weighted by molar-refractivity contribution is 0.374. The van der Waals surface area contributed by atoms with Gasteiger partial charge in [0.15, 0.2) is 5.96 Å². The minimum Gasteiger partial charge on any atom is -0.497 e. The summed E-state index contributed by atoms with van der Waals surface area (Å²) in [5.41, 5.74) is 7.70. The van der Waals surface area contributed by atoms with Gasteiger partial charge >= 0.3 is 0 Å². The molecule has 3 rings (SSSR count). The van der Waals surface area contributed by atoms with Crippen LogP contribution in [0.5, 0.6) is 11.5 Å². The molecule has 3 N–H and O–H groups in total. The highest BCUT2D eigenvalue weighted by molar-refractivity contribution is 5.92. The van der Waals surface area contributed by atoms with E-state index < -0.39 is 0 Å². The summed E-state index contributed by atoms with van der Waals surface area (Å²) in [6, 6.07) is 15.1. The fraction of sp³-hybridized carbons (Fsp3) is 0.318. The summed E-state index contributed by atoms with van der Waals surface area (Å²) in [6.07, 6.45) is 3.63. The second-order valence-electron chi connectivity index (χ2n) is 6.67. The molecule has 0 spiro atoms. The molecule has 1 heterocycles. The van der Waals surface area contributed by atoms with Crippen LogP contribution in [0, 0.1) is 0 Å². The van der Waals surface area contributed by atoms with Crippen molar-refractivity contribution < 1.29 is 14.0 Å². The summed E-state index contributed by atoms with van der Waals surface area (Å²) in [7, 11) is 3.27. The van der Waals surface area contributed by atoms with Gasteiger partial charge in [0.1, 0.15) is 11.5 Å². The number of nitrogens with zero attached hydrogens (tertiary/aromatic N) is 3. The van der Waals surface area contributed by atoms with Gasteiger partial charge in [-0.05, 0) is 61.4 Å². The number of ether oxygens (including phenoxy) is 2. The Morgan fingerprint density at radius 3 is 2.30 bits per heavy atom. The predicted molar refractivity (Wildman–Crippen MR) is 117 cm³/mol. The summed E-state index contributed by atoms with van der Waals surface area (Å²) < 4.78 is 15.6. The fourth-order valence-electron chi connectivity index (χ4n) is 2.84. The van der Waals surface area contributed by atoms with E-state index in [0.29, 0.717) is 24.2 Å². The van der Waals surface area contributed by atoms with Crippen molar-refractivity contribution in [2.75, 3.05) is 26.1 Å². The van der Waals surface area contributed by atoms with Crippen LogP contribution in [-0.4, -0.2) is 36.9 Å². The van der Waals surface area contributed by atoms with E-state index >= 15 is 0 Å². The topological polar surface area (TPSA) is 108 Å². The lowest BCUT2D eigenvalue weighted by Crippen LogP contribution is -2.22. The standard InChI is InChI=1S/C22H27N5O3/c1-28-18-11-7-16(8-12-18)21-26-20(30-27-21)6-4-3-5-15-24-22(23)25-17-9-13-19(29-2)14-10-17/h7-14H,3-6,15H2,1-2H3,(H3,23,24,25). The molecule has 0 radical (unpaired) electrons. The first-order chi connectivity index (χ1) is 14.7. The Hall–Kier alpha value is -3.55. The van der Waals surface area contributed by atoms with Gasteiger partial charge in [-0.3, -0.25) is 4.99 Å². The molecular formula is C22H27N5O3. The van der Waals surface area contributed by atoms with Crippen LogP contribution < -0.4 is 20.5 Å². The van der Waals surface area contributed by atoms with E-state index in [0.717, 1.165) is 48.4 Å². The third kappa shape index (κ3) is 6.23. The van der Waals surface area contributed by atoms with E-state index in [-0.39, 0.29) is 0 Å². The Morgan fingerprint density at radius 1 is 0.967 bits per heavy atom. The number of benzene rings is 2. The quantitative estimate of drug-likeness (QED) is 0.297. The number of aliphatic imine (C=N–C) groups is 1. The SMILES string of the molecule is COc1ccc(NC(N)=NCCCCCc2nc(-c3ccc(OC)cc3)no2)cc1. The van der Waals surface area contributed by atoms with Gasteiger partial charge in [0.25, 0.3) is 0 Å². The van der Waals surface area contributed by atoms with Crippen LogP contribution in [0.25, 0.3) is 11.4 Å². The largest absolute Gasteiger partial charge is 0.497 e. The Morgan fingerprint density at radius 2 is 1.63 bits per heavy atom. The van der Waals surface area contributed by atoms with E-state index in [1.807, 2.05) is 48.5 Å². The molecule has 0 aliphatic carbocycles. The number of anilines is 1. The van der Waals surface area contributed by atoms with Gasteiger partial charge in [0.2, 0.25) is 11.7 Å². The van der Waals surface area contributed by atoms with Gasteiger partial charge in [0, 0.05) is 24.2 Å². The van der Waals surface area contributed by atoms with Crippen molar-refractivity contribution in [1.82, 2.24) is 10.1 Å². The van der Waals surface area contributed by atoms with Crippen molar-refractivity contribution in [2.45, 2.75) is 25.7 Å². The number of methoxy groups -OCH3 is 2. The fourth-order valence-corrected chi connectivity index (χ4v) is 2.84.